The average molecular weight is 456 g/mol. The van der Waals surface area contributed by atoms with Crippen LogP contribution in [0.4, 0.5) is 5.69 Å². The van der Waals surface area contributed by atoms with E-state index in [4.69, 9.17) is 9.47 Å². The number of nitrogens with zero attached hydrogens (tertiary/aromatic N) is 1. The quantitative estimate of drug-likeness (QED) is 0.361. The van der Waals surface area contributed by atoms with Crippen molar-refractivity contribution in [3.63, 3.8) is 0 Å². The summed E-state index contributed by atoms with van der Waals surface area (Å²) in [6.07, 6.45) is 1.53. The summed E-state index contributed by atoms with van der Waals surface area (Å²) < 4.78 is 11.3. The third-order valence-electron chi connectivity index (χ3n) is 6.46. The minimum absolute atomic E-state index is 0.0622. The van der Waals surface area contributed by atoms with E-state index in [1.807, 2.05) is 70.2 Å². The lowest BCUT2D eigenvalue weighted by molar-refractivity contribution is -0.933. The van der Waals surface area contributed by atoms with Crippen molar-refractivity contribution in [2.45, 2.75) is 60.1 Å². The Morgan fingerprint density at radius 2 is 1.61 bits per heavy atom. The number of carbonyl (C=O) groups excluding carboxylic acids is 2. The molecule has 2 rings (SSSR count). The molecule has 0 fully saturated rings. The summed E-state index contributed by atoms with van der Waals surface area (Å²) in [5.74, 6) is 0.419. The topological polar surface area (TPSA) is 64.6 Å². The Bertz CT molecular complexity index is 900. The first-order valence-corrected chi connectivity index (χ1v) is 11.8. The molecule has 0 saturated heterocycles. The van der Waals surface area contributed by atoms with Gasteiger partial charge in [-0.05, 0) is 62.9 Å². The number of ether oxygens (including phenoxy) is 2. The Labute approximate surface area is 198 Å². The molecule has 33 heavy (non-hydrogen) atoms. The SMILES string of the molecule is CCCC(C(=O)Nc1c(C)cc(OC)cc1C)[N+](CC)(CC)CC(=O)OCc1ccccc1. The van der Waals surface area contributed by atoms with Gasteiger partial charge in [0.15, 0.2) is 12.6 Å². The molecular formula is C27H39N2O4+. The zero-order chi connectivity index (χ0) is 24.4. The molecule has 0 spiro atoms. The second-order valence-electron chi connectivity index (χ2n) is 8.59. The van der Waals surface area contributed by atoms with Crippen LogP contribution in [0.1, 0.15) is 50.3 Å². The van der Waals surface area contributed by atoms with Crippen LogP contribution in [0.25, 0.3) is 0 Å². The Kier molecular flexibility index (Phi) is 9.92. The van der Waals surface area contributed by atoms with Gasteiger partial charge < -0.3 is 19.3 Å². The molecule has 0 radical (unpaired) electrons. The highest BCUT2D eigenvalue weighted by molar-refractivity contribution is 5.95. The summed E-state index contributed by atoms with van der Waals surface area (Å²) in [4.78, 5) is 26.4. The number of rotatable bonds is 12. The van der Waals surface area contributed by atoms with Crippen molar-refractivity contribution in [2.24, 2.45) is 0 Å². The Balaban J connectivity index is 2.22. The third-order valence-corrected chi connectivity index (χ3v) is 6.46. The van der Waals surface area contributed by atoms with Gasteiger partial charge in [-0.1, -0.05) is 37.3 Å². The van der Waals surface area contributed by atoms with E-state index in [0.717, 1.165) is 34.5 Å². The fourth-order valence-electron chi connectivity index (χ4n) is 4.41. The first kappa shape index (κ1) is 26.4. The van der Waals surface area contributed by atoms with Crippen molar-refractivity contribution >= 4 is 17.6 Å². The van der Waals surface area contributed by atoms with Crippen molar-refractivity contribution in [1.29, 1.82) is 0 Å². The van der Waals surface area contributed by atoms with Crippen molar-refractivity contribution in [1.82, 2.24) is 0 Å². The number of esters is 1. The summed E-state index contributed by atoms with van der Waals surface area (Å²) in [5.41, 5.74) is 3.65. The second kappa shape index (κ2) is 12.4. The molecule has 0 heterocycles. The zero-order valence-corrected chi connectivity index (χ0v) is 20.9. The van der Waals surface area contributed by atoms with Crippen molar-refractivity contribution in [3.8, 4) is 5.75 Å². The van der Waals surface area contributed by atoms with Gasteiger partial charge in [-0.25, -0.2) is 4.79 Å². The molecule has 1 N–H and O–H groups in total. The highest BCUT2D eigenvalue weighted by atomic mass is 16.5. The largest absolute Gasteiger partial charge is 0.497 e. The number of amides is 1. The number of nitrogens with one attached hydrogen (secondary N) is 1. The molecule has 180 valence electrons. The van der Waals surface area contributed by atoms with Gasteiger partial charge in [0.1, 0.15) is 12.4 Å². The summed E-state index contributed by atoms with van der Waals surface area (Å²) in [5, 5.41) is 3.16. The van der Waals surface area contributed by atoms with Gasteiger partial charge in [-0.3, -0.25) is 4.79 Å². The minimum atomic E-state index is -0.352. The predicted molar refractivity (Wildman–Crippen MR) is 132 cm³/mol. The van der Waals surface area contributed by atoms with E-state index in [9.17, 15) is 9.59 Å². The molecule has 6 heteroatoms. The molecule has 2 aromatic rings. The van der Waals surface area contributed by atoms with Crippen LogP contribution < -0.4 is 10.1 Å². The highest BCUT2D eigenvalue weighted by Crippen LogP contribution is 2.28. The van der Waals surface area contributed by atoms with E-state index in [-0.39, 0.29) is 31.1 Å². The van der Waals surface area contributed by atoms with E-state index >= 15 is 0 Å². The molecule has 6 nitrogen and oxygen atoms in total. The zero-order valence-electron chi connectivity index (χ0n) is 20.9. The standard InChI is InChI=1S/C27H38N2O4/c1-7-13-24(27(31)28-26-20(4)16-23(32-6)17-21(26)5)29(8-2,9-3)18-25(30)33-19-22-14-11-10-12-15-22/h10-12,14-17,24H,7-9,13,18-19H2,1-6H3/p+1. The molecule has 1 unspecified atom stereocenters. The summed E-state index contributed by atoms with van der Waals surface area (Å²) in [6.45, 7) is 11.8. The number of likely N-dealkylation sites (N-methyl/N-ethyl adjacent to an activating group) is 1. The molecular weight excluding hydrogens is 416 g/mol. The maximum absolute atomic E-state index is 13.6. The lowest BCUT2D eigenvalue weighted by Gasteiger charge is -2.42. The number of anilines is 1. The molecule has 0 saturated carbocycles. The molecule has 0 aliphatic rings. The van der Waals surface area contributed by atoms with Gasteiger partial charge in [0.2, 0.25) is 0 Å². The van der Waals surface area contributed by atoms with Gasteiger partial charge in [0.05, 0.1) is 20.2 Å². The number of hydrogen-bond acceptors (Lipinski definition) is 4. The first-order valence-electron chi connectivity index (χ1n) is 11.8. The number of aryl methyl sites for hydroxylation is 2. The maximum Gasteiger partial charge on any atom is 0.362 e. The van der Waals surface area contributed by atoms with Crippen LogP contribution in [0.15, 0.2) is 42.5 Å². The van der Waals surface area contributed by atoms with E-state index in [0.29, 0.717) is 24.0 Å². The molecule has 0 bridgehead atoms. The maximum atomic E-state index is 13.6. The van der Waals surface area contributed by atoms with Gasteiger partial charge in [0, 0.05) is 12.1 Å². The second-order valence-corrected chi connectivity index (χ2v) is 8.59. The normalized spacial score (nSPS) is 12.2. The molecule has 0 aliphatic heterocycles. The molecule has 0 aromatic heterocycles. The summed E-state index contributed by atoms with van der Waals surface area (Å²) in [6, 6.07) is 13.1. The van der Waals surface area contributed by atoms with Crippen molar-refractivity contribution in [3.05, 3.63) is 59.2 Å². The number of hydrogen-bond donors (Lipinski definition) is 1. The summed E-state index contributed by atoms with van der Waals surface area (Å²) >= 11 is 0. The third kappa shape index (κ3) is 6.81. The molecule has 1 atom stereocenters. The number of carbonyl (C=O) groups is 2. The van der Waals surface area contributed by atoms with Gasteiger partial charge >= 0.3 is 5.97 Å². The van der Waals surface area contributed by atoms with Crippen LogP contribution in [0.2, 0.25) is 0 Å². The fourth-order valence-corrected chi connectivity index (χ4v) is 4.41. The van der Waals surface area contributed by atoms with E-state index in [1.165, 1.54) is 0 Å². The van der Waals surface area contributed by atoms with E-state index in [1.54, 1.807) is 7.11 Å². The van der Waals surface area contributed by atoms with E-state index in [2.05, 4.69) is 12.2 Å². The van der Waals surface area contributed by atoms with Crippen LogP contribution in [0.5, 0.6) is 5.75 Å². The smallest absolute Gasteiger partial charge is 0.362 e. The lowest BCUT2D eigenvalue weighted by Crippen LogP contribution is -2.61. The Hall–Kier alpha value is -2.86. The van der Waals surface area contributed by atoms with Gasteiger partial charge in [-0.15, -0.1) is 0 Å². The van der Waals surface area contributed by atoms with E-state index < -0.39 is 0 Å². The summed E-state index contributed by atoms with van der Waals surface area (Å²) in [7, 11) is 1.63. The Morgan fingerprint density at radius 3 is 2.12 bits per heavy atom. The van der Waals surface area contributed by atoms with Gasteiger partial charge in [0.25, 0.3) is 5.91 Å². The van der Waals surface area contributed by atoms with Crippen LogP contribution in [-0.2, 0) is 20.9 Å². The van der Waals surface area contributed by atoms with Crippen LogP contribution in [0.3, 0.4) is 0 Å². The average Bonchev–Trinajstić information content (AvgIpc) is 2.82. The van der Waals surface area contributed by atoms with Crippen LogP contribution in [-0.4, -0.2) is 49.1 Å². The van der Waals surface area contributed by atoms with Gasteiger partial charge in [-0.2, -0.15) is 0 Å². The monoisotopic (exact) mass is 455 g/mol. The fraction of sp³-hybridized carbons (Fsp3) is 0.481. The predicted octanol–water partition coefficient (Wildman–Crippen LogP) is 5.02. The van der Waals surface area contributed by atoms with Crippen LogP contribution in [0, 0.1) is 13.8 Å². The molecule has 0 aliphatic carbocycles. The van der Waals surface area contributed by atoms with Crippen molar-refractivity contribution < 1.29 is 23.5 Å². The minimum Gasteiger partial charge on any atom is -0.497 e. The van der Waals surface area contributed by atoms with Crippen molar-refractivity contribution in [2.75, 3.05) is 32.1 Å². The first-order chi connectivity index (χ1) is 15.8. The number of benzene rings is 2. The Morgan fingerprint density at radius 1 is 1.00 bits per heavy atom. The molecule has 1 amide bonds. The number of methoxy groups -OCH3 is 1. The highest BCUT2D eigenvalue weighted by Gasteiger charge is 2.41. The van der Waals surface area contributed by atoms with Crippen LogP contribution >= 0.6 is 0 Å². The molecule has 2 aromatic carbocycles. The number of quaternary nitrogens is 1. The lowest BCUT2D eigenvalue weighted by atomic mass is 10.0.